The molecule has 1 aromatic rings. The van der Waals surface area contributed by atoms with Gasteiger partial charge in [0.15, 0.2) is 0 Å². The first-order valence-corrected chi connectivity index (χ1v) is 9.14. The first-order valence-electron chi connectivity index (χ1n) is 7.32. The van der Waals surface area contributed by atoms with Crippen molar-refractivity contribution in [3.8, 4) is 0 Å². The Balaban J connectivity index is 2.03. The van der Waals surface area contributed by atoms with Crippen LogP contribution in [0.3, 0.4) is 0 Å². The molecule has 2 unspecified atom stereocenters. The van der Waals surface area contributed by atoms with Gasteiger partial charge in [-0.3, -0.25) is 0 Å². The van der Waals surface area contributed by atoms with Crippen LogP contribution in [0.1, 0.15) is 24.8 Å². The summed E-state index contributed by atoms with van der Waals surface area (Å²) in [4.78, 5) is -0.354. The lowest BCUT2D eigenvalue weighted by molar-refractivity contribution is -0.137. The zero-order valence-corrected chi connectivity index (χ0v) is 13.7. The van der Waals surface area contributed by atoms with Gasteiger partial charge in [-0.05, 0) is 44.0 Å². The van der Waals surface area contributed by atoms with Gasteiger partial charge in [-0.25, -0.2) is 8.42 Å². The standard InChI is InChI=1S/C14H16ClF3N2O2S/c15-13-4-3-11(7-12(13)14(16,17)18)23(21,22)20-9-1-2-10(20)8-19-6-5-9/h3-4,7,9-10,19H,1-2,5-6,8H2. The maximum atomic E-state index is 13.0. The van der Waals surface area contributed by atoms with Crippen molar-refractivity contribution in [1.82, 2.24) is 9.62 Å². The zero-order chi connectivity index (χ0) is 16.8. The molecular formula is C14H16ClF3N2O2S. The number of hydrogen-bond acceptors (Lipinski definition) is 3. The van der Waals surface area contributed by atoms with Crippen LogP contribution < -0.4 is 5.32 Å². The van der Waals surface area contributed by atoms with Gasteiger partial charge in [0.2, 0.25) is 10.0 Å². The normalized spacial score (nSPS) is 26.3. The molecule has 1 N–H and O–H groups in total. The Kier molecular flexibility index (Phi) is 4.37. The molecule has 2 heterocycles. The number of rotatable bonds is 2. The fourth-order valence-electron chi connectivity index (χ4n) is 3.33. The third-order valence-corrected chi connectivity index (χ3v) is 6.74. The predicted molar refractivity (Wildman–Crippen MR) is 79.8 cm³/mol. The summed E-state index contributed by atoms with van der Waals surface area (Å²) in [6.45, 7) is 1.23. The van der Waals surface area contributed by atoms with Crippen molar-refractivity contribution in [1.29, 1.82) is 0 Å². The summed E-state index contributed by atoms with van der Waals surface area (Å²) in [5.74, 6) is 0. The van der Waals surface area contributed by atoms with Gasteiger partial charge < -0.3 is 5.32 Å². The van der Waals surface area contributed by atoms with E-state index in [9.17, 15) is 21.6 Å². The number of halogens is 4. The van der Waals surface area contributed by atoms with Crippen molar-refractivity contribution in [3.05, 3.63) is 28.8 Å². The van der Waals surface area contributed by atoms with E-state index in [0.717, 1.165) is 25.0 Å². The summed E-state index contributed by atoms with van der Waals surface area (Å²) in [6, 6.07) is 2.40. The smallest absolute Gasteiger partial charge is 0.315 e. The third-order valence-electron chi connectivity index (χ3n) is 4.41. The number of nitrogens with zero attached hydrogens (tertiary/aromatic N) is 1. The van der Waals surface area contributed by atoms with Crippen LogP contribution >= 0.6 is 11.6 Å². The van der Waals surface area contributed by atoms with Crippen molar-refractivity contribution in [2.24, 2.45) is 0 Å². The number of fused-ring (bicyclic) bond motifs is 2. The lowest BCUT2D eigenvalue weighted by Crippen LogP contribution is -2.42. The molecular weight excluding hydrogens is 353 g/mol. The molecule has 2 fully saturated rings. The Hall–Kier alpha value is -0.830. The topological polar surface area (TPSA) is 49.4 Å². The lowest BCUT2D eigenvalue weighted by Gasteiger charge is -2.27. The van der Waals surface area contributed by atoms with Gasteiger partial charge >= 0.3 is 6.18 Å². The minimum absolute atomic E-state index is 0.162. The minimum Gasteiger partial charge on any atom is -0.315 e. The second kappa shape index (κ2) is 5.91. The van der Waals surface area contributed by atoms with E-state index in [1.54, 1.807) is 0 Å². The van der Waals surface area contributed by atoms with Gasteiger partial charge in [0.1, 0.15) is 0 Å². The maximum Gasteiger partial charge on any atom is 0.417 e. The predicted octanol–water partition coefficient (Wildman–Crippen LogP) is 2.87. The van der Waals surface area contributed by atoms with E-state index >= 15 is 0 Å². The summed E-state index contributed by atoms with van der Waals surface area (Å²) < 4.78 is 66.1. The number of nitrogens with one attached hydrogen (secondary N) is 1. The summed E-state index contributed by atoms with van der Waals surface area (Å²) in [7, 11) is -3.99. The number of sulfonamides is 1. The molecule has 0 aromatic heterocycles. The van der Waals surface area contributed by atoms with E-state index in [1.807, 2.05) is 0 Å². The molecule has 2 saturated heterocycles. The van der Waals surface area contributed by atoms with Gasteiger partial charge in [0.25, 0.3) is 0 Å². The van der Waals surface area contributed by atoms with Crippen LogP contribution in [0, 0.1) is 0 Å². The number of hydrogen-bond donors (Lipinski definition) is 1. The van der Waals surface area contributed by atoms with Crippen molar-refractivity contribution in [2.45, 2.75) is 42.4 Å². The molecule has 2 bridgehead atoms. The van der Waals surface area contributed by atoms with Crippen LogP contribution in [0.5, 0.6) is 0 Å². The van der Waals surface area contributed by atoms with Gasteiger partial charge in [0, 0.05) is 18.6 Å². The monoisotopic (exact) mass is 368 g/mol. The molecule has 0 aliphatic carbocycles. The molecule has 0 amide bonds. The molecule has 0 saturated carbocycles. The van der Waals surface area contributed by atoms with Crippen molar-refractivity contribution in [3.63, 3.8) is 0 Å². The first kappa shape index (κ1) is 17.0. The molecule has 0 radical (unpaired) electrons. The van der Waals surface area contributed by atoms with E-state index in [4.69, 9.17) is 11.6 Å². The van der Waals surface area contributed by atoms with E-state index in [0.29, 0.717) is 25.6 Å². The van der Waals surface area contributed by atoms with Crippen LogP contribution in [0.4, 0.5) is 13.2 Å². The summed E-state index contributed by atoms with van der Waals surface area (Å²) in [6.07, 6.45) is -2.57. The van der Waals surface area contributed by atoms with E-state index in [1.165, 1.54) is 4.31 Å². The third kappa shape index (κ3) is 3.09. The van der Waals surface area contributed by atoms with Crippen LogP contribution in [0.2, 0.25) is 5.02 Å². The highest BCUT2D eigenvalue weighted by atomic mass is 35.5. The fourth-order valence-corrected chi connectivity index (χ4v) is 5.49. The second-order valence-corrected chi connectivity index (χ2v) is 8.10. The lowest BCUT2D eigenvalue weighted by atomic mass is 10.1. The van der Waals surface area contributed by atoms with Gasteiger partial charge in [-0.1, -0.05) is 11.6 Å². The molecule has 128 valence electrons. The van der Waals surface area contributed by atoms with E-state index in [-0.39, 0.29) is 17.0 Å². The second-order valence-electron chi connectivity index (χ2n) is 5.85. The van der Waals surface area contributed by atoms with Crippen molar-refractivity contribution >= 4 is 21.6 Å². The molecule has 3 rings (SSSR count). The van der Waals surface area contributed by atoms with Gasteiger partial charge in [0.05, 0.1) is 15.5 Å². The Morgan fingerprint density at radius 1 is 1.17 bits per heavy atom. The Labute approximate surface area is 137 Å². The Morgan fingerprint density at radius 3 is 2.57 bits per heavy atom. The quantitative estimate of drug-likeness (QED) is 0.873. The zero-order valence-electron chi connectivity index (χ0n) is 12.1. The maximum absolute atomic E-state index is 13.0. The molecule has 0 spiro atoms. The Bertz CT molecular complexity index is 694. The van der Waals surface area contributed by atoms with Crippen LogP contribution in [-0.4, -0.2) is 37.9 Å². The van der Waals surface area contributed by atoms with Gasteiger partial charge in [-0.15, -0.1) is 0 Å². The van der Waals surface area contributed by atoms with Crippen LogP contribution in [0.25, 0.3) is 0 Å². The molecule has 23 heavy (non-hydrogen) atoms. The Morgan fingerprint density at radius 2 is 1.87 bits per heavy atom. The van der Waals surface area contributed by atoms with Crippen LogP contribution in [-0.2, 0) is 16.2 Å². The van der Waals surface area contributed by atoms with E-state index in [2.05, 4.69) is 5.32 Å². The number of alkyl halides is 3. The summed E-state index contributed by atoms with van der Waals surface area (Å²) >= 11 is 5.57. The average molecular weight is 369 g/mol. The first-order chi connectivity index (χ1) is 10.7. The van der Waals surface area contributed by atoms with E-state index < -0.39 is 26.8 Å². The fraction of sp³-hybridized carbons (Fsp3) is 0.571. The molecule has 2 atom stereocenters. The van der Waals surface area contributed by atoms with Gasteiger partial charge in [-0.2, -0.15) is 17.5 Å². The summed E-state index contributed by atoms with van der Waals surface area (Å²) in [5, 5.41) is 2.67. The summed E-state index contributed by atoms with van der Waals surface area (Å²) in [5.41, 5.74) is -1.12. The molecule has 1 aromatic carbocycles. The van der Waals surface area contributed by atoms with Crippen LogP contribution in [0.15, 0.2) is 23.1 Å². The highest BCUT2D eigenvalue weighted by Gasteiger charge is 2.44. The number of benzene rings is 1. The van der Waals surface area contributed by atoms with Crippen molar-refractivity contribution in [2.75, 3.05) is 13.1 Å². The molecule has 2 aliphatic heterocycles. The highest BCUT2D eigenvalue weighted by molar-refractivity contribution is 7.89. The molecule has 2 aliphatic rings. The molecule has 9 heteroatoms. The highest BCUT2D eigenvalue weighted by Crippen LogP contribution is 2.38. The average Bonchev–Trinajstić information content (AvgIpc) is 2.71. The van der Waals surface area contributed by atoms with Crippen molar-refractivity contribution < 1.29 is 21.6 Å². The molecule has 4 nitrogen and oxygen atoms in total. The minimum atomic E-state index is -4.69. The SMILES string of the molecule is O=S(=O)(c1ccc(Cl)c(C(F)(F)F)c1)N1C2CCNCC1CC2. The largest absolute Gasteiger partial charge is 0.417 e.